The Kier molecular flexibility index (Phi) is 4.46. The van der Waals surface area contributed by atoms with Crippen LogP contribution in [-0.4, -0.2) is 21.5 Å². The second kappa shape index (κ2) is 6.29. The van der Waals surface area contributed by atoms with Gasteiger partial charge in [-0.05, 0) is 49.6 Å². The van der Waals surface area contributed by atoms with Gasteiger partial charge in [0.1, 0.15) is 0 Å². The second-order valence-corrected chi connectivity index (χ2v) is 5.07. The first-order valence-electron chi connectivity index (χ1n) is 6.06. The zero-order valence-electron chi connectivity index (χ0n) is 10.9. The van der Waals surface area contributed by atoms with Gasteiger partial charge >= 0.3 is 0 Å². The zero-order chi connectivity index (χ0) is 13.7. The molecule has 1 aromatic carbocycles. The van der Waals surface area contributed by atoms with Crippen LogP contribution in [0.5, 0.6) is 0 Å². The molecule has 1 amide bonds. The number of rotatable bonds is 5. The minimum absolute atomic E-state index is 0.0507. The molecule has 0 aliphatic rings. The summed E-state index contributed by atoms with van der Waals surface area (Å²) in [4.78, 5) is 11.8. The maximum absolute atomic E-state index is 11.8. The lowest BCUT2D eigenvalue weighted by molar-refractivity contribution is 0.0943. The number of carbonyl (C=O) groups excluding carboxylic acids is 1. The molecule has 0 saturated heterocycles. The third kappa shape index (κ3) is 4.03. The van der Waals surface area contributed by atoms with Crippen molar-refractivity contribution in [2.75, 3.05) is 5.32 Å². The fourth-order valence-electron chi connectivity index (χ4n) is 1.54. The van der Waals surface area contributed by atoms with Crippen LogP contribution in [0.3, 0.4) is 0 Å². The first-order valence-corrected chi connectivity index (χ1v) is 6.89. The van der Waals surface area contributed by atoms with Crippen molar-refractivity contribution in [1.82, 2.24) is 14.9 Å². The summed E-state index contributed by atoms with van der Waals surface area (Å²) in [5.74, 6) is -0.0507. The Morgan fingerprint density at radius 1 is 1.32 bits per heavy atom. The lowest BCUT2D eigenvalue weighted by atomic mass is 10.2. The van der Waals surface area contributed by atoms with Crippen LogP contribution in [0.15, 0.2) is 29.6 Å². The van der Waals surface area contributed by atoms with Gasteiger partial charge in [-0.15, -0.1) is 5.10 Å². The van der Waals surface area contributed by atoms with E-state index in [0.29, 0.717) is 12.1 Å². The highest BCUT2D eigenvalue weighted by Gasteiger charge is 2.06. The third-order valence-electron chi connectivity index (χ3n) is 2.45. The number of hydrogen-bond acceptors (Lipinski definition) is 5. The summed E-state index contributed by atoms with van der Waals surface area (Å²) in [6.45, 7) is 4.51. The van der Waals surface area contributed by atoms with E-state index in [4.69, 9.17) is 0 Å². The summed E-state index contributed by atoms with van der Waals surface area (Å²) in [5.41, 5.74) is 2.52. The first-order chi connectivity index (χ1) is 9.15. The van der Waals surface area contributed by atoms with E-state index < -0.39 is 0 Å². The van der Waals surface area contributed by atoms with Crippen LogP contribution in [0.2, 0.25) is 0 Å². The molecule has 0 aliphatic heterocycles. The molecule has 2 rings (SSSR count). The molecular weight excluding hydrogens is 260 g/mol. The number of aromatic nitrogens is 2. The Morgan fingerprint density at radius 2 is 2.05 bits per heavy atom. The molecule has 0 aliphatic carbocycles. The van der Waals surface area contributed by atoms with Gasteiger partial charge in [0.05, 0.1) is 12.2 Å². The lowest BCUT2D eigenvalue weighted by Crippen LogP contribution is -2.29. The molecule has 19 heavy (non-hydrogen) atoms. The molecular formula is C13H16N4OS. The number of hydrogen-bond donors (Lipinski definition) is 2. The molecule has 2 N–H and O–H groups in total. The van der Waals surface area contributed by atoms with Gasteiger partial charge in [0.15, 0.2) is 0 Å². The molecule has 0 spiro atoms. The number of carbonyl (C=O) groups is 1. The number of nitrogens with one attached hydrogen (secondary N) is 2. The van der Waals surface area contributed by atoms with Crippen LogP contribution >= 0.6 is 11.5 Å². The van der Waals surface area contributed by atoms with E-state index in [0.717, 1.165) is 11.4 Å². The minimum Gasteiger partial charge on any atom is -0.379 e. The summed E-state index contributed by atoms with van der Waals surface area (Å²) >= 11 is 1.33. The highest BCUT2D eigenvalue weighted by molar-refractivity contribution is 7.03. The predicted molar refractivity (Wildman–Crippen MR) is 76.3 cm³/mol. The standard InChI is InChI=1S/C13H16N4OS/c1-9(2)15-13(18)10-3-5-11(6-4-10)14-7-12-8-19-17-16-12/h3-6,8-9,14H,7H2,1-2H3,(H,15,18). The molecule has 0 atom stereocenters. The topological polar surface area (TPSA) is 66.9 Å². The predicted octanol–water partition coefficient (Wildman–Crippen LogP) is 2.29. The van der Waals surface area contributed by atoms with Crippen molar-refractivity contribution in [1.29, 1.82) is 0 Å². The van der Waals surface area contributed by atoms with Crippen LogP contribution in [0.25, 0.3) is 0 Å². The van der Waals surface area contributed by atoms with E-state index >= 15 is 0 Å². The SMILES string of the molecule is CC(C)NC(=O)c1ccc(NCc2csnn2)cc1. The zero-order valence-corrected chi connectivity index (χ0v) is 11.7. The van der Waals surface area contributed by atoms with E-state index in [1.165, 1.54) is 11.5 Å². The van der Waals surface area contributed by atoms with Gasteiger partial charge in [0.25, 0.3) is 5.91 Å². The Morgan fingerprint density at radius 3 is 2.63 bits per heavy atom. The average Bonchev–Trinajstić information content (AvgIpc) is 2.89. The van der Waals surface area contributed by atoms with Gasteiger partial charge in [-0.3, -0.25) is 4.79 Å². The summed E-state index contributed by atoms with van der Waals surface area (Å²) in [6.07, 6.45) is 0. The molecule has 5 nitrogen and oxygen atoms in total. The molecule has 6 heteroatoms. The van der Waals surface area contributed by atoms with Crippen LogP contribution in [0, 0.1) is 0 Å². The Hall–Kier alpha value is -1.95. The van der Waals surface area contributed by atoms with E-state index in [-0.39, 0.29) is 11.9 Å². The lowest BCUT2D eigenvalue weighted by Gasteiger charge is -2.09. The number of benzene rings is 1. The van der Waals surface area contributed by atoms with Gasteiger partial charge in [0, 0.05) is 22.7 Å². The molecule has 0 bridgehead atoms. The van der Waals surface area contributed by atoms with Crippen molar-refractivity contribution >= 4 is 23.1 Å². The molecule has 100 valence electrons. The molecule has 1 heterocycles. The molecule has 0 saturated carbocycles. The third-order valence-corrected chi connectivity index (χ3v) is 3.00. The first kappa shape index (κ1) is 13.5. The largest absolute Gasteiger partial charge is 0.379 e. The van der Waals surface area contributed by atoms with E-state index in [2.05, 4.69) is 20.2 Å². The fraction of sp³-hybridized carbons (Fsp3) is 0.308. The van der Waals surface area contributed by atoms with Crippen molar-refractivity contribution in [3.8, 4) is 0 Å². The van der Waals surface area contributed by atoms with Gasteiger partial charge in [0.2, 0.25) is 0 Å². The van der Waals surface area contributed by atoms with Crippen LogP contribution in [0.4, 0.5) is 5.69 Å². The number of amides is 1. The molecule has 1 aromatic heterocycles. The van der Waals surface area contributed by atoms with Gasteiger partial charge in [-0.25, -0.2) is 0 Å². The fourth-order valence-corrected chi connectivity index (χ4v) is 1.99. The van der Waals surface area contributed by atoms with Crippen molar-refractivity contribution in [2.45, 2.75) is 26.4 Å². The Bertz CT molecular complexity index is 522. The summed E-state index contributed by atoms with van der Waals surface area (Å²) < 4.78 is 3.80. The number of nitrogens with zero attached hydrogens (tertiary/aromatic N) is 2. The van der Waals surface area contributed by atoms with E-state index in [1.54, 1.807) is 12.1 Å². The Labute approximate surface area is 116 Å². The van der Waals surface area contributed by atoms with E-state index in [1.807, 2.05) is 31.4 Å². The van der Waals surface area contributed by atoms with Crippen molar-refractivity contribution < 1.29 is 4.79 Å². The van der Waals surface area contributed by atoms with Crippen molar-refractivity contribution in [3.05, 3.63) is 40.9 Å². The minimum atomic E-state index is -0.0507. The second-order valence-electron chi connectivity index (χ2n) is 4.46. The van der Waals surface area contributed by atoms with Crippen molar-refractivity contribution in [2.24, 2.45) is 0 Å². The van der Waals surface area contributed by atoms with Crippen LogP contribution < -0.4 is 10.6 Å². The van der Waals surface area contributed by atoms with E-state index in [9.17, 15) is 4.79 Å². The monoisotopic (exact) mass is 276 g/mol. The normalized spacial score (nSPS) is 10.5. The molecule has 0 unspecified atom stereocenters. The van der Waals surface area contributed by atoms with Gasteiger partial charge in [-0.1, -0.05) is 4.49 Å². The number of anilines is 1. The maximum atomic E-state index is 11.8. The van der Waals surface area contributed by atoms with Gasteiger partial charge < -0.3 is 10.6 Å². The Balaban J connectivity index is 1.92. The molecule has 0 radical (unpaired) electrons. The van der Waals surface area contributed by atoms with Crippen LogP contribution in [-0.2, 0) is 6.54 Å². The highest BCUT2D eigenvalue weighted by atomic mass is 32.1. The quantitative estimate of drug-likeness (QED) is 0.879. The summed E-state index contributed by atoms with van der Waals surface area (Å²) in [5, 5.41) is 11.9. The van der Waals surface area contributed by atoms with Gasteiger partial charge in [-0.2, -0.15) is 0 Å². The van der Waals surface area contributed by atoms with Crippen molar-refractivity contribution in [3.63, 3.8) is 0 Å². The maximum Gasteiger partial charge on any atom is 0.251 e. The molecule has 0 fully saturated rings. The summed E-state index contributed by atoms with van der Waals surface area (Å²) in [6, 6.07) is 7.52. The van der Waals surface area contributed by atoms with Crippen LogP contribution in [0.1, 0.15) is 29.9 Å². The smallest absolute Gasteiger partial charge is 0.251 e. The molecule has 2 aromatic rings. The highest BCUT2D eigenvalue weighted by Crippen LogP contribution is 2.11. The average molecular weight is 276 g/mol. The summed E-state index contributed by atoms with van der Waals surface area (Å²) in [7, 11) is 0.